The maximum Gasteiger partial charge on any atom is 0.257 e. The van der Waals surface area contributed by atoms with Gasteiger partial charge in [-0.15, -0.1) is 0 Å². The lowest BCUT2D eigenvalue weighted by atomic mass is 10.1. The standard InChI is InChI=1S/C25H22F2N2O3S/c1-16-13-28-25(33-16)29-24(30)19-10-20(31-14-17-6-2-4-8-22(17)26)12-21(11-19)32-15-18-7-3-5-9-23(18)27/h2-12,16H,13-15H2,1H3,(H,28,29,30). The number of hydrogen-bond acceptors (Lipinski definition) is 5. The van der Waals surface area contributed by atoms with E-state index in [0.717, 1.165) is 0 Å². The van der Waals surface area contributed by atoms with Crippen LogP contribution in [0.1, 0.15) is 28.4 Å². The van der Waals surface area contributed by atoms with E-state index in [9.17, 15) is 13.6 Å². The van der Waals surface area contributed by atoms with Crippen molar-refractivity contribution in [1.82, 2.24) is 5.32 Å². The van der Waals surface area contributed by atoms with Crippen molar-refractivity contribution in [2.45, 2.75) is 25.4 Å². The van der Waals surface area contributed by atoms with Gasteiger partial charge in [-0.05, 0) is 24.3 Å². The summed E-state index contributed by atoms with van der Waals surface area (Å²) in [6.07, 6.45) is 0. The van der Waals surface area contributed by atoms with Crippen molar-refractivity contribution >= 4 is 22.8 Å². The number of aliphatic imine (C=N–C) groups is 1. The molecule has 0 aromatic heterocycles. The van der Waals surface area contributed by atoms with Crippen LogP contribution >= 0.6 is 11.8 Å². The highest BCUT2D eigenvalue weighted by atomic mass is 32.2. The van der Waals surface area contributed by atoms with Crippen LogP contribution in [-0.2, 0) is 13.2 Å². The highest BCUT2D eigenvalue weighted by molar-refractivity contribution is 8.14. The Morgan fingerprint density at radius 2 is 1.52 bits per heavy atom. The third kappa shape index (κ3) is 6.10. The van der Waals surface area contributed by atoms with Gasteiger partial charge in [0.2, 0.25) is 0 Å². The molecular weight excluding hydrogens is 446 g/mol. The fourth-order valence-corrected chi connectivity index (χ4v) is 3.97. The molecule has 0 saturated heterocycles. The molecule has 0 spiro atoms. The molecule has 4 rings (SSSR count). The van der Waals surface area contributed by atoms with Crippen LogP contribution in [0.2, 0.25) is 0 Å². The van der Waals surface area contributed by atoms with E-state index in [4.69, 9.17) is 9.47 Å². The Morgan fingerprint density at radius 1 is 0.970 bits per heavy atom. The van der Waals surface area contributed by atoms with Crippen LogP contribution in [0.3, 0.4) is 0 Å². The van der Waals surface area contributed by atoms with E-state index in [1.807, 2.05) is 6.92 Å². The Kier molecular flexibility index (Phi) is 7.24. The number of thioether (sulfide) groups is 1. The molecule has 5 nitrogen and oxygen atoms in total. The zero-order valence-corrected chi connectivity index (χ0v) is 18.7. The number of amidine groups is 1. The summed E-state index contributed by atoms with van der Waals surface area (Å²) in [6, 6.07) is 17.3. The summed E-state index contributed by atoms with van der Waals surface area (Å²) >= 11 is 1.49. The van der Waals surface area contributed by atoms with Gasteiger partial charge in [0.15, 0.2) is 5.17 Å². The molecule has 1 aliphatic heterocycles. The van der Waals surface area contributed by atoms with Gasteiger partial charge in [-0.25, -0.2) is 8.78 Å². The number of rotatable bonds is 7. The Balaban J connectivity index is 1.54. The Labute approximate surface area is 194 Å². The van der Waals surface area contributed by atoms with Crippen LogP contribution in [-0.4, -0.2) is 22.9 Å². The zero-order valence-electron chi connectivity index (χ0n) is 17.9. The predicted molar refractivity (Wildman–Crippen MR) is 125 cm³/mol. The summed E-state index contributed by atoms with van der Waals surface area (Å²) in [5, 5.41) is 3.64. The number of benzene rings is 3. The first-order chi connectivity index (χ1) is 16.0. The van der Waals surface area contributed by atoms with Gasteiger partial charge < -0.3 is 14.8 Å². The summed E-state index contributed by atoms with van der Waals surface area (Å²) in [7, 11) is 0. The number of nitrogens with zero attached hydrogens (tertiary/aromatic N) is 1. The molecule has 1 N–H and O–H groups in total. The van der Waals surface area contributed by atoms with Gasteiger partial charge >= 0.3 is 0 Å². The summed E-state index contributed by atoms with van der Waals surface area (Å²) < 4.78 is 39.4. The number of nitrogens with one attached hydrogen (secondary N) is 1. The van der Waals surface area contributed by atoms with E-state index >= 15 is 0 Å². The molecule has 170 valence electrons. The fourth-order valence-electron chi connectivity index (χ4n) is 3.14. The number of amides is 1. The SMILES string of the molecule is CC1CN=C(NC(=O)c2cc(OCc3ccccc3F)cc(OCc3ccccc3F)c2)S1. The first kappa shape index (κ1) is 22.8. The molecule has 1 unspecified atom stereocenters. The number of ether oxygens (including phenoxy) is 2. The van der Waals surface area contributed by atoms with Gasteiger partial charge in [0, 0.05) is 28.0 Å². The van der Waals surface area contributed by atoms with Crippen LogP contribution < -0.4 is 14.8 Å². The minimum absolute atomic E-state index is 0.0232. The predicted octanol–water partition coefficient (Wildman–Crippen LogP) is 5.34. The van der Waals surface area contributed by atoms with Crippen molar-refractivity contribution in [1.29, 1.82) is 0 Å². The zero-order chi connectivity index (χ0) is 23.2. The summed E-state index contributed by atoms with van der Waals surface area (Å²) in [5.41, 5.74) is 1.05. The summed E-state index contributed by atoms with van der Waals surface area (Å²) in [5.74, 6) is -0.490. The van der Waals surface area contributed by atoms with Gasteiger partial charge in [0.05, 0.1) is 6.54 Å². The van der Waals surface area contributed by atoms with Crippen molar-refractivity contribution in [3.63, 3.8) is 0 Å². The van der Waals surface area contributed by atoms with Crippen LogP contribution in [0.5, 0.6) is 11.5 Å². The molecule has 1 aliphatic rings. The number of hydrogen-bond donors (Lipinski definition) is 1. The van der Waals surface area contributed by atoms with E-state index in [-0.39, 0.29) is 36.3 Å². The summed E-state index contributed by atoms with van der Waals surface area (Å²) in [4.78, 5) is 17.1. The number of halogens is 2. The number of carbonyl (C=O) groups excluding carboxylic acids is 1. The normalized spacial score (nSPS) is 15.1. The topological polar surface area (TPSA) is 59.9 Å². The third-order valence-corrected chi connectivity index (χ3v) is 5.88. The molecule has 0 aliphatic carbocycles. The first-order valence-electron chi connectivity index (χ1n) is 10.4. The highest BCUT2D eigenvalue weighted by Crippen LogP contribution is 2.26. The van der Waals surface area contributed by atoms with Crippen molar-refractivity contribution in [3.8, 4) is 11.5 Å². The van der Waals surface area contributed by atoms with Crippen molar-refractivity contribution < 1.29 is 23.0 Å². The smallest absolute Gasteiger partial charge is 0.257 e. The molecule has 1 atom stereocenters. The van der Waals surface area contributed by atoms with E-state index in [2.05, 4.69) is 10.3 Å². The molecule has 8 heteroatoms. The average molecular weight is 469 g/mol. The second-order valence-corrected chi connectivity index (χ2v) is 8.91. The monoisotopic (exact) mass is 468 g/mol. The molecule has 1 amide bonds. The maximum atomic E-state index is 14.0. The van der Waals surface area contributed by atoms with Gasteiger partial charge in [-0.2, -0.15) is 0 Å². The molecule has 0 saturated carbocycles. The average Bonchev–Trinajstić information content (AvgIpc) is 3.22. The van der Waals surface area contributed by atoms with Crippen LogP contribution in [0.15, 0.2) is 71.7 Å². The molecule has 0 bridgehead atoms. The van der Waals surface area contributed by atoms with Crippen LogP contribution in [0.25, 0.3) is 0 Å². The Morgan fingerprint density at radius 3 is 2.00 bits per heavy atom. The van der Waals surface area contributed by atoms with Crippen molar-refractivity contribution in [2.75, 3.05) is 6.54 Å². The maximum absolute atomic E-state index is 14.0. The van der Waals surface area contributed by atoms with E-state index in [0.29, 0.717) is 39.6 Å². The van der Waals surface area contributed by atoms with Gasteiger partial charge in [-0.3, -0.25) is 9.79 Å². The molecule has 3 aromatic carbocycles. The van der Waals surface area contributed by atoms with Crippen molar-refractivity contribution in [3.05, 3.63) is 95.1 Å². The lowest BCUT2D eigenvalue weighted by molar-refractivity contribution is 0.0977. The second-order valence-electron chi connectivity index (χ2n) is 7.48. The quantitative estimate of drug-likeness (QED) is 0.508. The van der Waals surface area contributed by atoms with Gasteiger partial charge in [-0.1, -0.05) is 55.1 Å². The Hall–Kier alpha value is -3.39. The first-order valence-corrected chi connectivity index (χ1v) is 11.3. The molecule has 1 heterocycles. The van der Waals surface area contributed by atoms with Gasteiger partial charge in [0.1, 0.15) is 36.3 Å². The second kappa shape index (κ2) is 10.5. The fraction of sp³-hybridized carbons (Fsp3) is 0.200. The third-order valence-electron chi connectivity index (χ3n) is 4.87. The van der Waals surface area contributed by atoms with E-state index < -0.39 is 0 Å². The Bertz CT molecular complexity index is 1120. The lowest BCUT2D eigenvalue weighted by Crippen LogP contribution is -2.27. The molecule has 0 fully saturated rings. The highest BCUT2D eigenvalue weighted by Gasteiger charge is 2.19. The largest absolute Gasteiger partial charge is 0.489 e. The van der Waals surface area contributed by atoms with Crippen molar-refractivity contribution in [2.24, 2.45) is 4.99 Å². The minimum Gasteiger partial charge on any atom is -0.489 e. The minimum atomic E-state index is -0.382. The van der Waals surface area contributed by atoms with E-state index in [1.165, 1.54) is 23.9 Å². The van der Waals surface area contributed by atoms with Crippen LogP contribution in [0.4, 0.5) is 8.78 Å². The summed E-state index contributed by atoms with van der Waals surface area (Å²) in [6.45, 7) is 2.62. The van der Waals surface area contributed by atoms with Gasteiger partial charge in [0.25, 0.3) is 5.91 Å². The van der Waals surface area contributed by atoms with Crippen LogP contribution in [0, 0.1) is 11.6 Å². The molecule has 33 heavy (non-hydrogen) atoms. The molecular formula is C25H22F2N2O3S. The molecule has 3 aromatic rings. The number of carbonyl (C=O) groups is 1. The lowest BCUT2D eigenvalue weighted by Gasteiger charge is -2.13. The molecule has 0 radical (unpaired) electrons. The van der Waals surface area contributed by atoms with E-state index in [1.54, 1.807) is 54.6 Å².